The van der Waals surface area contributed by atoms with Gasteiger partial charge in [0, 0.05) is 30.2 Å². The molecular weight excluding hydrogens is 378 g/mol. The lowest BCUT2D eigenvalue weighted by Gasteiger charge is -2.07. The maximum absolute atomic E-state index is 12.3. The number of methoxy groups -OCH3 is 1. The van der Waals surface area contributed by atoms with Crippen molar-refractivity contribution in [3.8, 4) is 5.88 Å². The largest absolute Gasteiger partial charge is 0.481 e. The summed E-state index contributed by atoms with van der Waals surface area (Å²) in [6.07, 6.45) is 1.56. The normalized spacial score (nSPS) is 11.6. The molecule has 0 aliphatic carbocycles. The van der Waals surface area contributed by atoms with E-state index in [4.69, 9.17) is 10.5 Å². The fourth-order valence-electron chi connectivity index (χ4n) is 1.61. The molecule has 114 valence electrons. The van der Waals surface area contributed by atoms with Gasteiger partial charge in [-0.25, -0.2) is 18.1 Å². The third kappa shape index (κ3) is 4.01. The van der Waals surface area contributed by atoms with Crippen LogP contribution in [-0.2, 0) is 23.1 Å². The van der Waals surface area contributed by atoms with Crippen LogP contribution in [0.2, 0.25) is 0 Å². The van der Waals surface area contributed by atoms with Gasteiger partial charge in [-0.05, 0) is 33.6 Å². The Morgan fingerprint density at radius 3 is 2.86 bits per heavy atom. The van der Waals surface area contributed by atoms with E-state index in [2.05, 4.69) is 25.6 Å². The van der Waals surface area contributed by atoms with Crippen LogP contribution in [0.4, 0.5) is 0 Å². The van der Waals surface area contributed by atoms with E-state index in [9.17, 15) is 8.42 Å². The Balaban J connectivity index is 2.15. The van der Waals surface area contributed by atoms with Gasteiger partial charge < -0.3 is 10.5 Å². The number of hydrogen-bond donors (Lipinski definition) is 2. The Bertz CT molecular complexity index is 731. The van der Waals surface area contributed by atoms with Crippen LogP contribution in [0.25, 0.3) is 0 Å². The Labute approximate surface area is 135 Å². The molecule has 21 heavy (non-hydrogen) atoms. The highest BCUT2D eigenvalue weighted by Crippen LogP contribution is 2.31. The maximum Gasteiger partial charge on any atom is 0.242 e. The van der Waals surface area contributed by atoms with E-state index < -0.39 is 10.0 Å². The van der Waals surface area contributed by atoms with E-state index in [0.29, 0.717) is 16.2 Å². The van der Waals surface area contributed by atoms with Crippen LogP contribution >= 0.6 is 27.3 Å². The summed E-state index contributed by atoms with van der Waals surface area (Å²) in [6.45, 7) is 0.460. The summed E-state index contributed by atoms with van der Waals surface area (Å²) in [5, 5.41) is 0. The van der Waals surface area contributed by atoms with E-state index >= 15 is 0 Å². The summed E-state index contributed by atoms with van der Waals surface area (Å²) in [4.78, 5) is 4.97. The smallest absolute Gasteiger partial charge is 0.242 e. The van der Waals surface area contributed by atoms with Gasteiger partial charge in [-0.15, -0.1) is 11.3 Å². The zero-order valence-electron chi connectivity index (χ0n) is 11.2. The van der Waals surface area contributed by atoms with Crippen LogP contribution in [0.15, 0.2) is 33.1 Å². The fraction of sp³-hybridized carbons (Fsp3) is 0.250. The highest BCUT2D eigenvalue weighted by Gasteiger charge is 2.20. The van der Waals surface area contributed by atoms with Crippen LogP contribution in [0, 0.1) is 0 Å². The molecule has 0 bridgehead atoms. The SMILES string of the molecule is COc1cc(CNS(=O)(=O)c2cc(CN)sc2Br)ccn1. The summed E-state index contributed by atoms with van der Waals surface area (Å²) in [5.41, 5.74) is 6.29. The number of pyridine rings is 1. The number of halogens is 1. The van der Waals surface area contributed by atoms with Gasteiger partial charge in [-0.3, -0.25) is 0 Å². The summed E-state index contributed by atoms with van der Waals surface area (Å²) in [7, 11) is -2.09. The van der Waals surface area contributed by atoms with Crippen LogP contribution in [0.1, 0.15) is 10.4 Å². The molecule has 0 fully saturated rings. The summed E-state index contributed by atoms with van der Waals surface area (Å²) < 4.78 is 32.7. The number of nitrogens with one attached hydrogen (secondary N) is 1. The molecule has 2 heterocycles. The summed E-state index contributed by atoms with van der Waals surface area (Å²) in [5.74, 6) is 0.439. The summed E-state index contributed by atoms with van der Waals surface area (Å²) >= 11 is 4.57. The predicted octanol–water partition coefficient (Wildman–Crippen LogP) is 1.85. The number of rotatable bonds is 6. The molecule has 2 aromatic rings. The van der Waals surface area contributed by atoms with Gasteiger partial charge in [0.05, 0.1) is 10.9 Å². The second kappa shape index (κ2) is 6.84. The van der Waals surface area contributed by atoms with E-state index in [1.807, 2.05) is 0 Å². The number of thiophene rings is 1. The molecule has 6 nitrogen and oxygen atoms in total. The quantitative estimate of drug-likeness (QED) is 0.783. The minimum absolute atomic E-state index is 0.154. The number of sulfonamides is 1. The van der Waals surface area contributed by atoms with Crippen molar-refractivity contribution in [2.24, 2.45) is 5.73 Å². The molecule has 0 saturated carbocycles. The van der Waals surface area contributed by atoms with Gasteiger partial charge >= 0.3 is 0 Å². The van der Waals surface area contributed by atoms with Crippen molar-refractivity contribution in [3.63, 3.8) is 0 Å². The lowest BCUT2D eigenvalue weighted by molar-refractivity contribution is 0.397. The lowest BCUT2D eigenvalue weighted by Crippen LogP contribution is -2.23. The first-order valence-electron chi connectivity index (χ1n) is 5.93. The summed E-state index contributed by atoms with van der Waals surface area (Å²) in [6, 6.07) is 4.97. The first kappa shape index (κ1) is 16.4. The van der Waals surface area contributed by atoms with E-state index in [1.165, 1.54) is 18.4 Å². The van der Waals surface area contributed by atoms with Crippen LogP contribution in [0.3, 0.4) is 0 Å². The van der Waals surface area contributed by atoms with Gasteiger partial charge in [-0.1, -0.05) is 0 Å². The first-order chi connectivity index (χ1) is 9.96. The topological polar surface area (TPSA) is 94.3 Å². The second-order valence-electron chi connectivity index (χ2n) is 4.09. The maximum atomic E-state index is 12.3. The van der Waals surface area contributed by atoms with Gasteiger partial charge in [0.15, 0.2) is 0 Å². The van der Waals surface area contributed by atoms with Crippen molar-refractivity contribution >= 4 is 37.3 Å². The Morgan fingerprint density at radius 2 is 2.24 bits per heavy atom. The molecule has 0 spiro atoms. The van der Waals surface area contributed by atoms with E-state index in [-0.39, 0.29) is 11.4 Å². The third-order valence-electron chi connectivity index (χ3n) is 2.67. The number of hydrogen-bond acceptors (Lipinski definition) is 6. The van der Waals surface area contributed by atoms with Gasteiger partial charge in [0.25, 0.3) is 0 Å². The zero-order valence-corrected chi connectivity index (χ0v) is 14.4. The van der Waals surface area contributed by atoms with E-state index in [0.717, 1.165) is 10.4 Å². The van der Waals surface area contributed by atoms with Crippen molar-refractivity contribution in [1.29, 1.82) is 0 Å². The van der Waals surface area contributed by atoms with Crippen molar-refractivity contribution in [2.45, 2.75) is 18.0 Å². The molecule has 0 amide bonds. The first-order valence-corrected chi connectivity index (χ1v) is 9.02. The predicted molar refractivity (Wildman–Crippen MR) is 84.7 cm³/mol. The van der Waals surface area contributed by atoms with Crippen molar-refractivity contribution in [3.05, 3.63) is 38.6 Å². The van der Waals surface area contributed by atoms with Crippen molar-refractivity contribution in [1.82, 2.24) is 9.71 Å². The number of nitrogens with zero attached hydrogens (tertiary/aromatic N) is 1. The molecule has 9 heteroatoms. The monoisotopic (exact) mass is 391 g/mol. The molecule has 0 unspecified atom stereocenters. The Hall–Kier alpha value is -1.00. The number of aromatic nitrogens is 1. The molecule has 0 aliphatic heterocycles. The second-order valence-corrected chi connectivity index (χ2v) is 8.28. The highest BCUT2D eigenvalue weighted by molar-refractivity contribution is 9.11. The molecule has 3 N–H and O–H groups in total. The molecule has 0 saturated heterocycles. The van der Waals surface area contributed by atoms with Gasteiger partial charge in [-0.2, -0.15) is 0 Å². The standard InChI is InChI=1S/C12H14BrN3O3S2/c1-19-11-4-8(2-3-15-11)7-16-21(17,18)10-5-9(6-14)20-12(10)13/h2-5,16H,6-7,14H2,1H3. The zero-order chi connectivity index (χ0) is 15.5. The van der Waals surface area contributed by atoms with Gasteiger partial charge in [0.2, 0.25) is 15.9 Å². The average Bonchev–Trinajstić information content (AvgIpc) is 2.87. The Morgan fingerprint density at radius 1 is 1.48 bits per heavy atom. The van der Waals surface area contributed by atoms with Crippen LogP contribution in [0.5, 0.6) is 5.88 Å². The minimum Gasteiger partial charge on any atom is -0.481 e. The number of nitrogens with two attached hydrogens (primary N) is 1. The van der Waals surface area contributed by atoms with Crippen molar-refractivity contribution < 1.29 is 13.2 Å². The lowest BCUT2D eigenvalue weighted by atomic mass is 10.3. The minimum atomic E-state index is -3.60. The van der Waals surface area contributed by atoms with Crippen molar-refractivity contribution in [2.75, 3.05) is 7.11 Å². The van der Waals surface area contributed by atoms with Gasteiger partial charge in [0.1, 0.15) is 4.90 Å². The van der Waals surface area contributed by atoms with E-state index in [1.54, 1.807) is 24.4 Å². The molecule has 0 radical (unpaired) electrons. The fourth-order valence-corrected chi connectivity index (χ4v) is 5.19. The van der Waals surface area contributed by atoms with Crippen LogP contribution in [-0.4, -0.2) is 20.5 Å². The third-order valence-corrected chi connectivity index (χ3v) is 6.35. The molecule has 2 aromatic heterocycles. The average molecular weight is 392 g/mol. The molecule has 0 aliphatic rings. The highest BCUT2D eigenvalue weighted by atomic mass is 79.9. The molecule has 2 rings (SSSR count). The molecule has 0 atom stereocenters. The molecular formula is C12H14BrN3O3S2. The van der Waals surface area contributed by atoms with Crippen LogP contribution < -0.4 is 15.2 Å². The Kier molecular flexibility index (Phi) is 5.33. The molecule has 0 aromatic carbocycles. The number of ether oxygens (including phenoxy) is 1.